The van der Waals surface area contributed by atoms with Crippen LogP contribution in [0.15, 0.2) is 11.0 Å². The zero-order valence-electron chi connectivity index (χ0n) is 14.5. The SMILES string of the molecule is C#Cc1cn([C@@H]2O[C@H](CO[P+]3(O)OP(=O)(O)OP(=O)(O)O3)C(O)[C@@H]2O)c(=O)nc1N. The molecule has 2 fully saturated rings. The van der Waals surface area contributed by atoms with E-state index in [1.165, 1.54) is 0 Å². The van der Waals surface area contributed by atoms with Gasteiger partial charge in [0.05, 0.1) is 5.56 Å². The number of aliphatic hydroxyl groups excluding tert-OH is 2. The molecular weight excluding hydrogens is 475 g/mol. The fourth-order valence-electron chi connectivity index (χ4n) is 2.52. The molecule has 30 heavy (non-hydrogen) atoms. The van der Waals surface area contributed by atoms with Crippen LogP contribution in [0, 0.1) is 12.3 Å². The molecule has 3 heterocycles. The molecule has 2 aliphatic rings. The molecule has 0 aromatic carbocycles. The van der Waals surface area contributed by atoms with Crippen LogP contribution in [0.3, 0.4) is 0 Å². The number of nitrogens with zero attached hydrogens (tertiary/aromatic N) is 2. The fourth-order valence-corrected chi connectivity index (χ4v) is 7.53. The normalized spacial score (nSPS) is 41.5. The number of phosphoric acid groups is 2. The second-order valence-electron chi connectivity index (χ2n) is 5.87. The summed E-state index contributed by atoms with van der Waals surface area (Å²) in [7, 11) is -15.3. The van der Waals surface area contributed by atoms with E-state index in [4.69, 9.17) is 21.4 Å². The van der Waals surface area contributed by atoms with Gasteiger partial charge in [-0.05, 0) is 8.62 Å². The van der Waals surface area contributed by atoms with Crippen molar-refractivity contribution in [1.82, 2.24) is 9.55 Å². The highest BCUT2D eigenvalue weighted by atomic mass is 31.3. The summed E-state index contributed by atoms with van der Waals surface area (Å²) < 4.78 is 45.8. The molecule has 0 bridgehead atoms. The highest BCUT2D eigenvalue weighted by Gasteiger charge is 2.66. The van der Waals surface area contributed by atoms with Gasteiger partial charge in [-0.2, -0.15) is 14.2 Å². The summed E-state index contributed by atoms with van der Waals surface area (Å²) in [6, 6.07) is 0. The Morgan fingerprint density at radius 1 is 1.30 bits per heavy atom. The Balaban J connectivity index is 1.77. The average Bonchev–Trinajstić information content (AvgIpc) is 2.85. The second-order valence-corrected chi connectivity index (χ2v) is 10.9. The van der Waals surface area contributed by atoms with E-state index in [-0.39, 0.29) is 11.4 Å². The van der Waals surface area contributed by atoms with Gasteiger partial charge in [-0.25, -0.2) is 13.9 Å². The predicted octanol–water partition coefficient (Wildman–Crippen LogP) is -1.62. The van der Waals surface area contributed by atoms with E-state index in [1.807, 2.05) is 0 Å². The quantitative estimate of drug-likeness (QED) is 0.205. The maximum absolute atomic E-state index is 12.0. The zero-order chi connectivity index (χ0) is 22.5. The summed E-state index contributed by atoms with van der Waals surface area (Å²) in [5, 5.41) is 20.3. The van der Waals surface area contributed by atoms with E-state index in [9.17, 15) is 38.8 Å². The molecule has 1 aromatic heterocycles. The molecule has 3 unspecified atom stereocenters. The van der Waals surface area contributed by atoms with Gasteiger partial charge in [-0.1, -0.05) is 5.92 Å². The van der Waals surface area contributed by atoms with E-state index in [0.717, 1.165) is 10.8 Å². The first-order valence-corrected chi connectivity index (χ1v) is 12.2. The maximum Gasteiger partial charge on any atom is 0.593 e. The van der Waals surface area contributed by atoms with Crippen LogP contribution in [0.2, 0.25) is 0 Å². The Kier molecular flexibility index (Phi) is 6.25. The second kappa shape index (κ2) is 8.01. The molecule has 16 nitrogen and oxygen atoms in total. The fraction of sp³-hybridized carbons (Fsp3) is 0.455. The number of aliphatic hydroxyl groups is 2. The predicted molar refractivity (Wildman–Crippen MR) is 94.8 cm³/mol. The van der Waals surface area contributed by atoms with Crippen LogP contribution in [-0.4, -0.2) is 59.4 Å². The standard InChI is InChI=1S/C11H14N3O13P3/c1-2-5-3-14(11(17)13-9(5)12)10-8(16)7(15)6(24-10)4-23-30(22)26-28(18,19)25-29(20,21)27-30/h1,3,6-8,10,15-16,22H,4H2,(H3-,12,13,17,18,19,20,21)/p+1/t6-,7?,8+,10-/m1/s1. The monoisotopic (exact) mass is 490 g/mol. The number of nitrogen functional groups attached to an aromatic ring is 1. The lowest BCUT2D eigenvalue weighted by Gasteiger charge is -2.24. The molecule has 2 saturated heterocycles. The number of anilines is 1. The Bertz CT molecular complexity index is 1020. The largest absolute Gasteiger partial charge is 0.593 e. The molecule has 1 aromatic rings. The van der Waals surface area contributed by atoms with Crippen LogP contribution < -0.4 is 11.4 Å². The molecular formula is C11H15N3O13P3+. The molecule has 19 heteroatoms. The number of nitrogens with two attached hydrogens (primary N) is 1. The summed E-state index contributed by atoms with van der Waals surface area (Å²) >= 11 is 0. The maximum atomic E-state index is 12.0. The number of rotatable bonds is 4. The molecule has 3 rings (SSSR count). The van der Waals surface area contributed by atoms with E-state index in [0.29, 0.717) is 0 Å². The van der Waals surface area contributed by atoms with Gasteiger partial charge in [0.25, 0.3) is 0 Å². The number of aromatic nitrogens is 2. The van der Waals surface area contributed by atoms with Crippen molar-refractivity contribution in [1.29, 1.82) is 0 Å². The van der Waals surface area contributed by atoms with Gasteiger partial charge in [0.15, 0.2) is 6.23 Å². The van der Waals surface area contributed by atoms with E-state index < -0.39 is 60.7 Å². The van der Waals surface area contributed by atoms with Gasteiger partial charge in [0.2, 0.25) is 0 Å². The van der Waals surface area contributed by atoms with Gasteiger partial charge in [-0.15, -0.1) is 10.9 Å². The number of hydrogen-bond donors (Lipinski definition) is 6. The summed E-state index contributed by atoms with van der Waals surface area (Å²) in [6.07, 6.45) is -0.127. The highest BCUT2D eigenvalue weighted by molar-refractivity contribution is 7.77. The first-order valence-electron chi connectivity index (χ1n) is 7.69. The van der Waals surface area contributed by atoms with Crippen molar-refractivity contribution in [2.24, 2.45) is 0 Å². The molecule has 0 saturated carbocycles. The highest BCUT2D eigenvalue weighted by Crippen LogP contribution is 2.83. The van der Waals surface area contributed by atoms with Gasteiger partial charge in [0.1, 0.15) is 30.7 Å². The molecule has 0 radical (unpaired) electrons. The number of hydrogen-bond acceptors (Lipinski definition) is 13. The first-order chi connectivity index (χ1) is 13.8. The lowest BCUT2D eigenvalue weighted by atomic mass is 10.1. The Labute approximate surface area is 167 Å². The van der Waals surface area contributed by atoms with E-state index in [1.54, 1.807) is 0 Å². The lowest BCUT2D eigenvalue weighted by Crippen LogP contribution is -2.36. The van der Waals surface area contributed by atoms with E-state index in [2.05, 4.69) is 23.8 Å². The Morgan fingerprint density at radius 2 is 1.90 bits per heavy atom. The van der Waals surface area contributed by atoms with Gasteiger partial charge in [0, 0.05) is 6.20 Å². The van der Waals surface area contributed by atoms with E-state index >= 15 is 0 Å². The van der Waals surface area contributed by atoms with Crippen LogP contribution >= 0.6 is 23.8 Å². The van der Waals surface area contributed by atoms with Crippen LogP contribution in [0.1, 0.15) is 11.8 Å². The summed E-state index contributed by atoms with van der Waals surface area (Å²) in [4.78, 5) is 43.9. The minimum absolute atomic E-state index is 0.00114. The van der Waals surface area contributed by atoms with Crippen molar-refractivity contribution in [2.75, 3.05) is 12.3 Å². The number of terminal acetylenes is 1. The minimum atomic E-state index is -5.20. The molecule has 7 N–H and O–H groups in total. The lowest BCUT2D eigenvalue weighted by molar-refractivity contribution is -0.0563. The smallest absolute Gasteiger partial charge is 0.387 e. The van der Waals surface area contributed by atoms with Gasteiger partial charge >= 0.3 is 29.5 Å². The van der Waals surface area contributed by atoms with Gasteiger partial charge < -0.3 is 20.7 Å². The van der Waals surface area contributed by atoms with Crippen LogP contribution in [-0.2, 0) is 31.3 Å². The topological polar surface area (TPSA) is 242 Å². The summed E-state index contributed by atoms with van der Waals surface area (Å²) in [6.45, 7) is -0.877. The third-order valence-electron chi connectivity index (χ3n) is 3.77. The zero-order valence-corrected chi connectivity index (χ0v) is 17.2. The average molecular weight is 490 g/mol. The number of ether oxygens (including phenoxy) is 1. The van der Waals surface area contributed by atoms with Crippen LogP contribution in [0.4, 0.5) is 5.82 Å². The summed E-state index contributed by atoms with van der Waals surface area (Å²) in [5.41, 5.74) is 4.53. The van der Waals surface area contributed by atoms with Crippen molar-refractivity contribution < 1.29 is 56.2 Å². The molecule has 6 atom stereocenters. The van der Waals surface area contributed by atoms with Gasteiger partial charge in [-0.3, -0.25) is 14.4 Å². The third kappa shape index (κ3) is 4.80. The molecule has 166 valence electrons. The van der Waals surface area contributed by atoms with Crippen molar-refractivity contribution in [3.63, 3.8) is 0 Å². The Hall–Kier alpha value is -1.27. The molecule has 0 aliphatic carbocycles. The van der Waals surface area contributed by atoms with Crippen molar-refractivity contribution in [3.05, 3.63) is 22.2 Å². The summed E-state index contributed by atoms with van der Waals surface area (Å²) in [5.74, 6) is 1.93. The van der Waals surface area contributed by atoms with Crippen molar-refractivity contribution in [3.8, 4) is 12.3 Å². The molecule has 2 aliphatic heterocycles. The molecule has 0 spiro atoms. The van der Waals surface area contributed by atoms with Crippen molar-refractivity contribution in [2.45, 2.75) is 24.5 Å². The minimum Gasteiger partial charge on any atom is -0.387 e. The Morgan fingerprint density at radius 3 is 2.47 bits per heavy atom. The third-order valence-corrected chi connectivity index (χ3v) is 9.20. The molecule has 0 amide bonds. The first kappa shape index (κ1) is 23.4. The van der Waals surface area contributed by atoms with Crippen LogP contribution in [0.25, 0.3) is 0 Å². The van der Waals surface area contributed by atoms with Crippen molar-refractivity contribution >= 4 is 29.6 Å². The van der Waals surface area contributed by atoms with Crippen LogP contribution in [0.5, 0.6) is 0 Å².